The largest absolute Gasteiger partial charge is 0 e. The molecule has 0 bridgehead atoms. The smallest absolute Gasteiger partial charge is 0 e. The first kappa shape index (κ1) is 16.2. The predicted molar refractivity (Wildman–Crippen MR) is 15.0 cm³/mol. The zero-order valence-electron chi connectivity index (χ0n) is 2.66. The first-order chi connectivity index (χ1) is 1.73. The Morgan fingerprint density at radius 2 is 1.67 bits per heavy atom. The van der Waals surface area contributed by atoms with Crippen molar-refractivity contribution in [3.8, 4) is 0 Å². The molecule has 0 rings (SSSR count). The molecule has 0 aliphatic carbocycles. The molecule has 0 spiro atoms. The van der Waals surface area contributed by atoms with Crippen LogP contribution in [0.5, 0.6) is 0 Å². The maximum atomic E-state index is 9.75. The van der Waals surface area contributed by atoms with E-state index in [4.69, 9.17) is 0 Å². The average molecular weight is 507 g/mol. The van der Waals surface area contributed by atoms with Crippen LogP contribution in [0.15, 0.2) is 0 Å². The van der Waals surface area contributed by atoms with E-state index in [2.05, 4.69) is 0 Å². The third-order valence-electron chi connectivity index (χ3n) is 0. The van der Waals surface area contributed by atoms with E-state index < -0.39 is 13.0 Å². The van der Waals surface area contributed by atoms with E-state index in [0.717, 1.165) is 0 Å². The van der Waals surface area contributed by atoms with Gasteiger partial charge >= 0.3 is 50.3 Å². The van der Waals surface area contributed by atoms with E-state index in [9.17, 15) is 3.02 Å². The Hall–Kier alpha value is 3.42. The molecule has 0 N–H and O–H groups in total. The quantitative estimate of drug-likeness (QED) is 0.368. The van der Waals surface area contributed by atoms with Crippen LogP contribution >= 0.6 is 0 Å². The van der Waals surface area contributed by atoms with E-state index in [1.807, 2.05) is 0 Å². The van der Waals surface area contributed by atoms with E-state index in [-0.39, 0.29) is 40.9 Å². The zero-order valence-corrected chi connectivity index (χ0v) is 13.7. The molecule has 0 amide bonds. The van der Waals surface area contributed by atoms with Gasteiger partial charge in [0.25, 0.3) is 0 Å². The monoisotopic (exact) mass is 511 g/mol. The SMILES string of the molecule is [Nb].[O]=[SbH]([Mo])[TeH].[V]. The van der Waals surface area contributed by atoms with Crippen LogP contribution in [0, 0.1) is 0 Å². The summed E-state index contributed by atoms with van der Waals surface area (Å²) in [5, 5.41) is 0. The molecule has 2 radical (unpaired) electrons. The average Bonchev–Trinajstić information content (AvgIpc) is 0.811. The van der Waals surface area contributed by atoms with Crippen molar-refractivity contribution >= 4 is 31.2 Å². The van der Waals surface area contributed by atoms with Crippen molar-refractivity contribution in [2.75, 3.05) is 0 Å². The van der Waals surface area contributed by atoms with Crippen LogP contribution in [0.4, 0.5) is 0 Å². The minimum absolute atomic E-state index is 0. The van der Waals surface area contributed by atoms with Crippen molar-refractivity contribution in [1.82, 2.24) is 0 Å². The minimum Gasteiger partial charge on any atom is 0 e. The van der Waals surface area contributed by atoms with Gasteiger partial charge in [-0.25, -0.2) is 0 Å². The second-order valence-corrected chi connectivity index (χ2v) is 31.7. The predicted octanol–water partition coefficient (Wildman–Crippen LogP) is -1.42. The number of hydrogen-bond donors (Lipinski definition) is 0. The molecule has 1 nitrogen and oxygen atoms in total. The summed E-state index contributed by atoms with van der Waals surface area (Å²) in [6, 6.07) is 0. The van der Waals surface area contributed by atoms with Gasteiger partial charge in [-0.15, -0.1) is 0 Å². The molecule has 1 atom stereocenters. The zero-order chi connectivity index (χ0) is 3.58. The summed E-state index contributed by atoms with van der Waals surface area (Å²) < 4.78 is 9.75. The van der Waals surface area contributed by atoms with Gasteiger partial charge in [0.1, 0.15) is 0 Å². The van der Waals surface area contributed by atoms with Gasteiger partial charge in [-0.05, 0) is 0 Å². The van der Waals surface area contributed by atoms with Crippen molar-refractivity contribution < 1.29 is 60.0 Å². The first-order valence-corrected chi connectivity index (χ1v) is 19.5. The summed E-state index contributed by atoms with van der Waals surface area (Å²) in [6.45, 7) is 0. The summed E-state index contributed by atoms with van der Waals surface area (Å²) in [5.41, 5.74) is 0. The fraction of sp³-hybridized carbons (Fsp3) is 0. The Morgan fingerprint density at radius 1 is 1.67 bits per heavy atom. The van der Waals surface area contributed by atoms with Gasteiger partial charge < -0.3 is 0 Å². The van der Waals surface area contributed by atoms with Crippen LogP contribution in [0.25, 0.3) is 0 Å². The Bertz CT molecular complexity index is 38.5. The summed E-state index contributed by atoms with van der Waals surface area (Å²) >= 11 is 1.56. The van der Waals surface area contributed by atoms with Crippen molar-refractivity contribution in [2.24, 2.45) is 0 Å². The fourth-order valence-corrected chi connectivity index (χ4v) is 0. The molecule has 0 fully saturated rings. The normalized spacial score (nSPS) is 10.2. The van der Waals surface area contributed by atoms with Gasteiger partial charge in [0.2, 0.25) is 0 Å². The van der Waals surface area contributed by atoms with Gasteiger partial charge in [0.15, 0.2) is 0 Å². The third-order valence-corrected chi connectivity index (χ3v) is 0. The van der Waals surface area contributed by atoms with Crippen LogP contribution in [0.3, 0.4) is 0 Å². The molecule has 0 aromatic heterocycles. The van der Waals surface area contributed by atoms with Gasteiger partial charge in [0, 0.05) is 40.9 Å². The molecule has 0 saturated heterocycles. The molecule has 0 heterocycles. The molecule has 0 aromatic carbocycles. The van der Waals surface area contributed by atoms with Crippen molar-refractivity contribution in [3.63, 3.8) is 0 Å². The standard InChI is InChI=1S/Mo.Nb.O.Sb.H2Te.V.H/h;;;;1H2;;/q;;;+1;;;/p-1. The van der Waals surface area contributed by atoms with E-state index >= 15 is 0 Å². The van der Waals surface area contributed by atoms with Gasteiger partial charge in [-0.3, -0.25) is 0 Å². The molecule has 6 heteroatoms. The second kappa shape index (κ2) is 11.2. The summed E-state index contributed by atoms with van der Waals surface area (Å²) in [6.07, 6.45) is 0. The Balaban J connectivity index is -0.0000000450. The molecular weight excluding hydrogens is 505 g/mol. The van der Waals surface area contributed by atoms with Gasteiger partial charge in [0.05, 0.1) is 0 Å². The molecule has 0 saturated carbocycles. The summed E-state index contributed by atoms with van der Waals surface area (Å²) in [5.74, 6) is 0. The molecule has 1 unspecified atom stereocenters. The van der Waals surface area contributed by atoms with Crippen LogP contribution in [0.1, 0.15) is 0 Å². The maximum Gasteiger partial charge on any atom is 0 e. The Kier molecular flexibility index (Phi) is 30.4. The minimum atomic E-state index is -1.73. The molecular formula is H2MoNbOSbTeV. The molecule has 0 aliphatic heterocycles. The van der Waals surface area contributed by atoms with Gasteiger partial charge in [-0.1, -0.05) is 0 Å². The summed E-state index contributed by atoms with van der Waals surface area (Å²) in [7, 11) is 0. The second-order valence-electron chi connectivity index (χ2n) is 0.266. The summed E-state index contributed by atoms with van der Waals surface area (Å²) in [4.78, 5) is 0. The first-order valence-electron chi connectivity index (χ1n) is 0.632. The Labute approximate surface area is 88.9 Å². The van der Waals surface area contributed by atoms with Crippen LogP contribution < -0.4 is 0 Å². The van der Waals surface area contributed by atoms with Crippen molar-refractivity contribution in [1.29, 1.82) is 0 Å². The van der Waals surface area contributed by atoms with Crippen LogP contribution in [0.2, 0.25) is 0 Å². The topological polar surface area (TPSA) is 17.1 Å². The van der Waals surface area contributed by atoms with Crippen LogP contribution in [-0.2, 0) is 60.0 Å². The third kappa shape index (κ3) is 26.1. The molecule has 0 aromatic rings. The molecule has 6 heavy (non-hydrogen) atoms. The molecule has 35 valence electrons. The fourth-order valence-electron chi connectivity index (χ4n) is 0. The van der Waals surface area contributed by atoms with E-state index in [1.165, 1.54) is 18.2 Å². The maximum absolute atomic E-state index is 9.75. The Morgan fingerprint density at radius 3 is 1.67 bits per heavy atom. The van der Waals surface area contributed by atoms with Gasteiger partial charge in [-0.2, -0.15) is 0 Å². The van der Waals surface area contributed by atoms with Crippen molar-refractivity contribution in [3.05, 3.63) is 0 Å². The van der Waals surface area contributed by atoms with E-state index in [1.54, 1.807) is 16.0 Å². The number of rotatable bonds is 0. The van der Waals surface area contributed by atoms with Crippen LogP contribution in [-0.4, -0.2) is 31.2 Å². The number of hydrogen-bond acceptors (Lipinski definition) is 1. The van der Waals surface area contributed by atoms with E-state index in [0.29, 0.717) is 0 Å². The van der Waals surface area contributed by atoms with Crippen molar-refractivity contribution in [2.45, 2.75) is 0 Å². The molecule has 0 aliphatic rings.